The van der Waals surface area contributed by atoms with Gasteiger partial charge >= 0.3 is 0 Å². The van der Waals surface area contributed by atoms with Crippen molar-refractivity contribution in [1.29, 1.82) is 0 Å². The number of H-pyrrole nitrogens is 1. The molecule has 1 amide bonds. The van der Waals surface area contributed by atoms with Gasteiger partial charge in [0.05, 0.1) is 31.4 Å². The summed E-state index contributed by atoms with van der Waals surface area (Å²) in [4.78, 5) is 37.5. The number of ether oxygens (including phenoxy) is 2. The highest BCUT2D eigenvalue weighted by molar-refractivity contribution is 7.98. The molecule has 2 aromatic heterocycles. The number of aryl methyl sites for hydroxylation is 2. The highest BCUT2D eigenvalue weighted by Gasteiger charge is 2.32. The lowest BCUT2D eigenvalue weighted by molar-refractivity contribution is -0.131. The normalized spacial score (nSPS) is 17.4. The van der Waals surface area contributed by atoms with E-state index in [4.69, 9.17) is 14.5 Å². The Bertz CT molecular complexity index is 1270. The van der Waals surface area contributed by atoms with E-state index in [9.17, 15) is 9.59 Å². The number of rotatable bonds is 8. The lowest BCUT2D eigenvalue weighted by Crippen LogP contribution is -2.31. The van der Waals surface area contributed by atoms with Gasteiger partial charge in [0.25, 0.3) is 5.56 Å². The van der Waals surface area contributed by atoms with Crippen LogP contribution in [0.2, 0.25) is 0 Å². The van der Waals surface area contributed by atoms with Gasteiger partial charge in [0.1, 0.15) is 22.2 Å². The van der Waals surface area contributed by atoms with Crippen LogP contribution in [0.25, 0.3) is 10.2 Å². The molecule has 2 aliphatic rings. The number of aromatic nitrogens is 2. The molecule has 180 valence electrons. The third kappa shape index (κ3) is 4.43. The molecule has 1 fully saturated rings. The van der Waals surface area contributed by atoms with Gasteiger partial charge in [0.15, 0.2) is 0 Å². The fourth-order valence-electron chi connectivity index (χ4n) is 5.08. The zero-order chi connectivity index (χ0) is 23.7. The lowest BCUT2D eigenvalue weighted by Gasteiger charge is -2.26. The number of thiophene rings is 1. The van der Waals surface area contributed by atoms with Gasteiger partial charge in [-0.15, -0.1) is 11.3 Å². The van der Waals surface area contributed by atoms with Crippen molar-refractivity contribution in [1.82, 2.24) is 14.9 Å². The minimum absolute atomic E-state index is 0.00348. The number of amides is 1. The summed E-state index contributed by atoms with van der Waals surface area (Å²) in [6.45, 7) is 0.753. The summed E-state index contributed by atoms with van der Waals surface area (Å²) in [5.41, 5.74) is 2.17. The number of carbonyl (C=O) groups is 1. The molecule has 5 rings (SSSR count). The average Bonchev–Trinajstić information content (AvgIpc) is 3.57. The zero-order valence-corrected chi connectivity index (χ0v) is 21.2. The zero-order valence-electron chi connectivity index (χ0n) is 19.5. The number of hydrogen-bond acceptors (Lipinski definition) is 7. The molecule has 9 heteroatoms. The van der Waals surface area contributed by atoms with Gasteiger partial charge in [-0.2, -0.15) is 11.8 Å². The summed E-state index contributed by atoms with van der Waals surface area (Å²) >= 11 is 3.29. The second kappa shape index (κ2) is 10.00. The van der Waals surface area contributed by atoms with Gasteiger partial charge in [0.2, 0.25) is 5.91 Å². The van der Waals surface area contributed by atoms with Gasteiger partial charge in [-0.1, -0.05) is 0 Å². The molecule has 0 spiro atoms. The molecule has 3 aromatic rings. The average molecular weight is 500 g/mol. The summed E-state index contributed by atoms with van der Waals surface area (Å²) in [6, 6.07) is 5.75. The molecule has 3 heterocycles. The van der Waals surface area contributed by atoms with Crippen LogP contribution in [0.3, 0.4) is 0 Å². The Kier molecular flexibility index (Phi) is 6.83. The maximum absolute atomic E-state index is 13.1. The first kappa shape index (κ1) is 23.2. The number of hydrogen-bond donors (Lipinski definition) is 1. The molecule has 34 heavy (non-hydrogen) atoms. The number of likely N-dealkylation sites (tertiary alicyclic amines) is 1. The molecular weight excluding hydrogens is 470 g/mol. The van der Waals surface area contributed by atoms with Crippen LogP contribution in [-0.2, 0) is 23.4 Å². The molecule has 1 aromatic carbocycles. The minimum atomic E-state index is -0.0248. The van der Waals surface area contributed by atoms with Crippen molar-refractivity contribution in [2.45, 2.75) is 50.3 Å². The summed E-state index contributed by atoms with van der Waals surface area (Å²) in [7, 11) is 3.30. The predicted octanol–water partition coefficient (Wildman–Crippen LogP) is 4.48. The standard InChI is InChI=1S/C25H29N3O4S2/c1-31-15-8-9-19(32-2)17(13-15)18-6-4-11-28(18)22(29)10-12-33-14-21-26-24(30)23-16-5-3-7-20(16)34-25(23)27-21/h8-9,13,18H,3-7,10-12,14H2,1-2H3,(H,26,27,30). The molecule has 1 atom stereocenters. The quantitative estimate of drug-likeness (QED) is 0.460. The first-order chi connectivity index (χ1) is 16.6. The minimum Gasteiger partial charge on any atom is -0.497 e. The molecule has 1 N–H and O–H groups in total. The second-order valence-corrected chi connectivity index (χ2v) is 10.9. The largest absolute Gasteiger partial charge is 0.497 e. The monoisotopic (exact) mass is 499 g/mol. The van der Waals surface area contributed by atoms with Crippen LogP contribution in [0.15, 0.2) is 23.0 Å². The number of methoxy groups -OCH3 is 2. The first-order valence-electron chi connectivity index (χ1n) is 11.7. The van der Waals surface area contributed by atoms with Crippen molar-refractivity contribution in [3.05, 3.63) is 50.4 Å². The SMILES string of the molecule is COc1ccc(OC)c(C2CCCN2C(=O)CCSCc2nc3sc4c(c3c(=O)[nH]2)CCC4)c1. The van der Waals surface area contributed by atoms with Gasteiger partial charge in [-0.3, -0.25) is 9.59 Å². The Morgan fingerprint density at radius 2 is 2.15 bits per heavy atom. The van der Waals surface area contributed by atoms with E-state index in [0.717, 1.165) is 65.9 Å². The van der Waals surface area contributed by atoms with Crippen molar-refractivity contribution < 1.29 is 14.3 Å². The Labute approximate surface area is 206 Å². The molecule has 0 bridgehead atoms. The number of thioether (sulfide) groups is 1. The Hall–Kier alpha value is -2.52. The summed E-state index contributed by atoms with van der Waals surface area (Å²) in [6.07, 6.45) is 5.51. The van der Waals surface area contributed by atoms with E-state index in [2.05, 4.69) is 4.98 Å². The lowest BCUT2D eigenvalue weighted by atomic mass is 10.0. The van der Waals surface area contributed by atoms with E-state index in [-0.39, 0.29) is 17.5 Å². The van der Waals surface area contributed by atoms with Crippen LogP contribution in [0.1, 0.15) is 53.6 Å². The maximum Gasteiger partial charge on any atom is 0.259 e. The molecule has 7 nitrogen and oxygen atoms in total. The molecule has 1 aliphatic heterocycles. The highest BCUT2D eigenvalue weighted by atomic mass is 32.2. The smallest absolute Gasteiger partial charge is 0.259 e. The number of nitrogens with zero attached hydrogens (tertiary/aromatic N) is 2. The number of carbonyl (C=O) groups excluding carboxylic acids is 1. The van der Waals surface area contributed by atoms with Crippen LogP contribution in [0, 0.1) is 0 Å². The predicted molar refractivity (Wildman–Crippen MR) is 136 cm³/mol. The number of nitrogens with one attached hydrogen (secondary N) is 1. The Morgan fingerprint density at radius 1 is 1.26 bits per heavy atom. The van der Waals surface area contributed by atoms with Gasteiger partial charge in [0, 0.05) is 29.2 Å². The van der Waals surface area contributed by atoms with E-state index in [1.54, 1.807) is 37.3 Å². The third-order valence-corrected chi connectivity index (χ3v) is 8.85. The van der Waals surface area contributed by atoms with Crippen LogP contribution in [0.5, 0.6) is 11.5 Å². The van der Waals surface area contributed by atoms with E-state index in [1.165, 1.54) is 10.4 Å². The summed E-state index contributed by atoms with van der Waals surface area (Å²) in [5, 5.41) is 0.787. The Balaban J connectivity index is 1.20. The van der Waals surface area contributed by atoms with Crippen molar-refractivity contribution in [2.75, 3.05) is 26.5 Å². The van der Waals surface area contributed by atoms with Crippen LogP contribution in [0.4, 0.5) is 0 Å². The second-order valence-electron chi connectivity index (χ2n) is 8.71. The van der Waals surface area contributed by atoms with Crippen LogP contribution in [-0.4, -0.2) is 47.3 Å². The highest BCUT2D eigenvalue weighted by Crippen LogP contribution is 2.39. The van der Waals surface area contributed by atoms with Crippen LogP contribution >= 0.6 is 23.1 Å². The van der Waals surface area contributed by atoms with Crippen molar-refractivity contribution in [2.24, 2.45) is 0 Å². The van der Waals surface area contributed by atoms with E-state index in [1.807, 2.05) is 23.1 Å². The molecule has 1 aliphatic carbocycles. The molecule has 0 radical (unpaired) electrons. The number of aromatic amines is 1. The van der Waals surface area contributed by atoms with Gasteiger partial charge in [-0.25, -0.2) is 4.98 Å². The van der Waals surface area contributed by atoms with E-state index < -0.39 is 0 Å². The fraction of sp³-hybridized carbons (Fsp3) is 0.480. The van der Waals surface area contributed by atoms with E-state index in [0.29, 0.717) is 23.8 Å². The number of benzene rings is 1. The molecule has 1 unspecified atom stereocenters. The molecule has 1 saturated heterocycles. The number of fused-ring (bicyclic) bond motifs is 3. The van der Waals surface area contributed by atoms with Gasteiger partial charge < -0.3 is 19.4 Å². The molecule has 0 saturated carbocycles. The topological polar surface area (TPSA) is 84.5 Å². The fourth-order valence-corrected chi connectivity index (χ4v) is 7.15. The Morgan fingerprint density at radius 3 is 2.97 bits per heavy atom. The van der Waals surface area contributed by atoms with Gasteiger partial charge in [-0.05, 0) is 55.9 Å². The van der Waals surface area contributed by atoms with Crippen LogP contribution < -0.4 is 15.0 Å². The van der Waals surface area contributed by atoms with Crippen molar-refractivity contribution >= 4 is 39.2 Å². The maximum atomic E-state index is 13.1. The first-order valence-corrected chi connectivity index (χ1v) is 13.7. The van der Waals surface area contributed by atoms with Crippen molar-refractivity contribution in [3.8, 4) is 11.5 Å². The third-order valence-electron chi connectivity index (χ3n) is 6.69. The summed E-state index contributed by atoms with van der Waals surface area (Å²) in [5.74, 6) is 3.65. The summed E-state index contributed by atoms with van der Waals surface area (Å²) < 4.78 is 11.0. The molecular formula is C25H29N3O4S2. The van der Waals surface area contributed by atoms with E-state index >= 15 is 0 Å². The van der Waals surface area contributed by atoms with Crippen molar-refractivity contribution in [3.63, 3.8) is 0 Å².